The van der Waals surface area contributed by atoms with Crippen LogP contribution in [-0.2, 0) is 26.2 Å². The molecular weight excluding hydrogens is 561 g/mol. The summed E-state index contributed by atoms with van der Waals surface area (Å²) in [4.78, 5) is 28.1. The Bertz CT molecular complexity index is 1490. The summed E-state index contributed by atoms with van der Waals surface area (Å²) in [6.45, 7) is 6.77. The average Bonchev–Trinajstić information content (AvgIpc) is 2.97. The number of anilines is 1. The number of carbonyl (C=O) groups excluding carboxylic acids is 2. The number of nitrogens with zero attached hydrogens (tertiary/aromatic N) is 2. The topological polar surface area (TPSA) is 105 Å². The molecule has 0 saturated carbocycles. The zero-order valence-corrected chi connectivity index (χ0v) is 25.6. The van der Waals surface area contributed by atoms with Crippen LogP contribution in [0.1, 0.15) is 31.9 Å². The summed E-state index contributed by atoms with van der Waals surface area (Å²) in [6, 6.07) is 15.7. The average molecular weight is 600 g/mol. The molecule has 3 aromatic rings. The first kappa shape index (κ1) is 32.4. The van der Waals surface area contributed by atoms with Gasteiger partial charge in [0.05, 0.1) is 24.8 Å². The molecule has 3 aromatic carbocycles. The number of amides is 2. The summed E-state index contributed by atoms with van der Waals surface area (Å²) in [5, 5.41) is 2.80. The van der Waals surface area contributed by atoms with Gasteiger partial charge >= 0.3 is 0 Å². The number of hydrogen-bond donors (Lipinski definition) is 1. The van der Waals surface area contributed by atoms with E-state index in [1.54, 1.807) is 30.3 Å². The molecule has 2 amide bonds. The summed E-state index contributed by atoms with van der Waals surface area (Å²) in [7, 11) is -1.50. The van der Waals surface area contributed by atoms with Crippen LogP contribution in [0.5, 0.6) is 11.5 Å². The molecule has 3 rings (SSSR count). The van der Waals surface area contributed by atoms with Crippen LogP contribution in [0.25, 0.3) is 0 Å². The fourth-order valence-corrected chi connectivity index (χ4v) is 5.62. The molecule has 0 aliphatic heterocycles. The van der Waals surface area contributed by atoms with Gasteiger partial charge in [-0.25, -0.2) is 12.8 Å². The molecule has 0 aliphatic rings. The summed E-state index contributed by atoms with van der Waals surface area (Å²) in [5.74, 6) is -0.954. The predicted octanol–water partition coefficient (Wildman–Crippen LogP) is 4.54. The Morgan fingerprint density at radius 2 is 1.57 bits per heavy atom. The first-order chi connectivity index (χ1) is 19.9. The Labute approximate surface area is 247 Å². The first-order valence-electron chi connectivity index (χ1n) is 13.5. The van der Waals surface area contributed by atoms with Crippen molar-refractivity contribution in [3.8, 4) is 11.5 Å². The van der Waals surface area contributed by atoms with E-state index in [2.05, 4.69) is 5.32 Å². The van der Waals surface area contributed by atoms with Crippen LogP contribution in [0.2, 0.25) is 0 Å². The van der Waals surface area contributed by atoms with Crippen LogP contribution in [0.3, 0.4) is 0 Å². The molecule has 1 N–H and O–H groups in total. The van der Waals surface area contributed by atoms with Crippen LogP contribution in [0.4, 0.5) is 10.1 Å². The quantitative estimate of drug-likeness (QED) is 0.310. The van der Waals surface area contributed by atoms with Gasteiger partial charge in [0.25, 0.3) is 10.0 Å². The number of carbonyl (C=O) groups is 2. The lowest BCUT2D eigenvalue weighted by Gasteiger charge is -2.32. The summed E-state index contributed by atoms with van der Waals surface area (Å²) in [6.07, 6.45) is 0. The predicted molar refractivity (Wildman–Crippen MR) is 160 cm³/mol. The molecule has 0 aliphatic carbocycles. The Morgan fingerprint density at radius 3 is 2.17 bits per heavy atom. The highest BCUT2D eigenvalue weighted by Gasteiger charge is 2.33. The maximum Gasteiger partial charge on any atom is 0.264 e. The van der Waals surface area contributed by atoms with Crippen molar-refractivity contribution in [2.24, 2.45) is 5.92 Å². The van der Waals surface area contributed by atoms with Gasteiger partial charge in [0, 0.05) is 24.7 Å². The van der Waals surface area contributed by atoms with Gasteiger partial charge in [0.15, 0.2) is 11.5 Å². The van der Waals surface area contributed by atoms with Crippen molar-refractivity contribution in [1.82, 2.24) is 10.2 Å². The number of benzene rings is 3. The van der Waals surface area contributed by atoms with Crippen molar-refractivity contribution in [3.05, 3.63) is 83.7 Å². The van der Waals surface area contributed by atoms with Gasteiger partial charge < -0.3 is 19.7 Å². The Kier molecular flexibility index (Phi) is 10.9. The second kappa shape index (κ2) is 14.2. The van der Waals surface area contributed by atoms with Crippen molar-refractivity contribution in [1.29, 1.82) is 0 Å². The minimum atomic E-state index is -4.33. The molecule has 0 radical (unpaired) electrons. The zero-order chi connectivity index (χ0) is 31.0. The second-order valence-corrected chi connectivity index (χ2v) is 12.2. The molecule has 0 fully saturated rings. The van der Waals surface area contributed by atoms with E-state index in [0.717, 1.165) is 9.87 Å². The molecular formula is C31H38FN3O6S. The number of rotatable bonds is 13. The van der Waals surface area contributed by atoms with Crippen LogP contribution < -0.4 is 19.1 Å². The number of nitrogens with one attached hydrogen (secondary N) is 1. The molecule has 9 nitrogen and oxygen atoms in total. The maximum absolute atomic E-state index is 14.7. The van der Waals surface area contributed by atoms with Gasteiger partial charge in [-0.15, -0.1) is 0 Å². The number of methoxy groups -OCH3 is 2. The summed E-state index contributed by atoms with van der Waals surface area (Å²) < 4.78 is 54.3. The Balaban J connectivity index is 2.06. The SMILES string of the molecule is COc1ccc(S(=O)(=O)N(CC(=O)N(Cc2ccccc2F)[C@@H](C)C(=O)NCC(C)C)c2ccc(C)cc2)cc1OC. The third-order valence-corrected chi connectivity index (χ3v) is 8.46. The van der Waals surface area contributed by atoms with E-state index in [-0.39, 0.29) is 34.4 Å². The third kappa shape index (κ3) is 7.79. The molecule has 0 spiro atoms. The van der Waals surface area contributed by atoms with E-state index in [0.29, 0.717) is 12.3 Å². The molecule has 42 heavy (non-hydrogen) atoms. The molecule has 11 heteroatoms. The van der Waals surface area contributed by atoms with Crippen molar-refractivity contribution in [2.45, 2.75) is 45.2 Å². The lowest BCUT2D eigenvalue weighted by atomic mass is 10.1. The highest BCUT2D eigenvalue weighted by Crippen LogP contribution is 2.32. The fraction of sp³-hybridized carbons (Fsp3) is 0.355. The number of hydrogen-bond acceptors (Lipinski definition) is 6. The van der Waals surface area contributed by atoms with E-state index in [9.17, 15) is 22.4 Å². The fourth-order valence-electron chi connectivity index (χ4n) is 4.19. The van der Waals surface area contributed by atoms with Crippen LogP contribution in [0, 0.1) is 18.7 Å². The lowest BCUT2D eigenvalue weighted by molar-refractivity contribution is -0.139. The van der Waals surface area contributed by atoms with Crippen molar-refractivity contribution in [2.75, 3.05) is 31.6 Å². The maximum atomic E-state index is 14.7. The Hall–Kier alpha value is -4.12. The number of ether oxygens (including phenoxy) is 2. The van der Waals surface area contributed by atoms with Crippen LogP contribution >= 0.6 is 0 Å². The van der Waals surface area contributed by atoms with Crippen molar-refractivity contribution < 1.29 is 31.9 Å². The van der Waals surface area contributed by atoms with Crippen LogP contribution in [-0.4, -0.2) is 58.5 Å². The zero-order valence-electron chi connectivity index (χ0n) is 24.8. The van der Waals surface area contributed by atoms with E-state index in [4.69, 9.17) is 9.47 Å². The van der Waals surface area contributed by atoms with Gasteiger partial charge in [-0.1, -0.05) is 49.7 Å². The van der Waals surface area contributed by atoms with Gasteiger partial charge in [0.2, 0.25) is 11.8 Å². The smallest absolute Gasteiger partial charge is 0.264 e. The lowest BCUT2D eigenvalue weighted by Crippen LogP contribution is -2.51. The molecule has 0 bridgehead atoms. The highest BCUT2D eigenvalue weighted by atomic mass is 32.2. The third-order valence-electron chi connectivity index (χ3n) is 6.69. The first-order valence-corrected chi connectivity index (χ1v) is 14.9. The summed E-state index contributed by atoms with van der Waals surface area (Å²) in [5.41, 5.74) is 1.33. The summed E-state index contributed by atoms with van der Waals surface area (Å²) >= 11 is 0. The van der Waals surface area contributed by atoms with Crippen LogP contribution in [0.15, 0.2) is 71.6 Å². The van der Waals surface area contributed by atoms with Crippen molar-refractivity contribution >= 4 is 27.5 Å². The largest absolute Gasteiger partial charge is 0.493 e. The van der Waals surface area contributed by atoms with E-state index < -0.39 is 40.2 Å². The van der Waals surface area contributed by atoms with Gasteiger partial charge in [-0.3, -0.25) is 13.9 Å². The van der Waals surface area contributed by atoms with E-state index in [1.807, 2.05) is 20.8 Å². The van der Waals surface area contributed by atoms with Crippen molar-refractivity contribution in [3.63, 3.8) is 0 Å². The minimum absolute atomic E-state index is 0.128. The molecule has 1 atom stereocenters. The molecule has 0 saturated heterocycles. The van der Waals surface area contributed by atoms with Gasteiger partial charge in [0.1, 0.15) is 18.4 Å². The monoisotopic (exact) mass is 599 g/mol. The van der Waals surface area contributed by atoms with Gasteiger partial charge in [-0.05, 0) is 50.1 Å². The van der Waals surface area contributed by atoms with Gasteiger partial charge in [-0.2, -0.15) is 0 Å². The number of aryl methyl sites for hydroxylation is 1. The molecule has 226 valence electrons. The number of halogens is 1. The Morgan fingerprint density at radius 1 is 0.929 bits per heavy atom. The number of sulfonamides is 1. The molecule has 0 aromatic heterocycles. The minimum Gasteiger partial charge on any atom is -0.493 e. The van der Waals surface area contributed by atoms with E-state index >= 15 is 0 Å². The normalized spacial score (nSPS) is 12.0. The van der Waals surface area contributed by atoms with E-state index in [1.165, 1.54) is 62.4 Å². The molecule has 0 unspecified atom stereocenters. The highest BCUT2D eigenvalue weighted by molar-refractivity contribution is 7.92. The molecule has 0 heterocycles. The second-order valence-electron chi connectivity index (χ2n) is 10.3. The standard InChI is InChI=1S/C31H38FN3O6S/c1-21(2)18-33-31(37)23(4)34(19-24-9-7-8-10-27(24)32)30(36)20-35(25-13-11-22(3)12-14-25)42(38,39)26-15-16-28(40-5)29(17-26)41-6/h7-17,21,23H,18-20H2,1-6H3,(H,33,37)/t23-/m0/s1.